The smallest absolute Gasteiger partial charge is 0.238 e. The molecule has 64 valence electrons. The Labute approximate surface area is 76.2 Å². The van der Waals surface area contributed by atoms with Crippen molar-refractivity contribution in [2.75, 3.05) is 12.4 Å². The summed E-state index contributed by atoms with van der Waals surface area (Å²) >= 11 is 5.40. The van der Waals surface area contributed by atoms with Gasteiger partial charge >= 0.3 is 0 Å². The predicted octanol–water partition coefficient (Wildman–Crippen LogP) is 0.906. The molecule has 1 amide bonds. The van der Waals surface area contributed by atoms with Gasteiger partial charge in [0.25, 0.3) is 0 Å². The van der Waals surface area contributed by atoms with Crippen LogP contribution < -0.4 is 0 Å². The van der Waals surface area contributed by atoms with E-state index < -0.39 is 0 Å². The second-order valence-electron chi connectivity index (χ2n) is 2.54. The standard InChI is InChI=1S/C8H9ClN2O/c9-6-8(12)11-5-1-2-7(11)3-4-10/h1-2,7H,3,5-6H2/t7-/m1/s1. The summed E-state index contributed by atoms with van der Waals surface area (Å²) in [5.74, 6) is -0.120. The van der Waals surface area contributed by atoms with Crippen LogP contribution in [-0.2, 0) is 4.79 Å². The molecular formula is C8H9ClN2O. The average molecular weight is 185 g/mol. The van der Waals surface area contributed by atoms with Crippen LogP contribution in [0.4, 0.5) is 0 Å². The summed E-state index contributed by atoms with van der Waals surface area (Å²) in [7, 11) is 0. The van der Waals surface area contributed by atoms with Gasteiger partial charge in [0, 0.05) is 6.54 Å². The van der Waals surface area contributed by atoms with E-state index in [2.05, 4.69) is 0 Å². The van der Waals surface area contributed by atoms with Crippen LogP contribution in [0.25, 0.3) is 0 Å². The number of amides is 1. The van der Waals surface area contributed by atoms with E-state index in [4.69, 9.17) is 16.9 Å². The highest BCUT2D eigenvalue weighted by Gasteiger charge is 2.23. The van der Waals surface area contributed by atoms with E-state index in [-0.39, 0.29) is 17.8 Å². The van der Waals surface area contributed by atoms with Crippen molar-refractivity contribution in [3.63, 3.8) is 0 Å². The van der Waals surface area contributed by atoms with Gasteiger partial charge in [0.2, 0.25) is 5.91 Å². The van der Waals surface area contributed by atoms with Crippen molar-refractivity contribution in [1.29, 1.82) is 5.26 Å². The Kier molecular flexibility index (Phi) is 3.12. The minimum Gasteiger partial charge on any atom is -0.330 e. The van der Waals surface area contributed by atoms with Gasteiger partial charge in [-0.25, -0.2) is 0 Å². The zero-order valence-electron chi connectivity index (χ0n) is 6.53. The van der Waals surface area contributed by atoms with E-state index in [1.54, 1.807) is 4.90 Å². The highest BCUT2D eigenvalue weighted by Crippen LogP contribution is 2.12. The van der Waals surface area contributed by atoms with Crippen molar-refractivity contribution >= 4 is 17.5 Å². The normalized spacial score (nSPS) is 21.0. The fourth-order valence-electron chi connectivity index (χ4n) is 1.21. The Morgan fingerprint density at radius 3 is 3.17 bits per heavy atom. The highest BCUT2D eigenvalue weighted by molar-refractivity contribution is 6.27. The molecule has 12 heavy (non-hydrogen) atoms. The molecule has 1 rings (SSSR count). The minimum atomic E-state index is -0.109. The van der Waals surface area contributed by atoms with Gasteiger partial charge in [-0.05, 0) is 0 Å². The molecule has 0 fully saturated rings. The summed E-state index contributed by atoms with van der Waals surface area (Å²) in [6.45, 7) is 0.581. The van der Waals surface area contributed by atoms with E-state index in [1.807, 2.05) is 18.2 Å². The lowest BCUT2D eigenvalue weighted by Gasteiger charge is -2.21. The molecule has 1 atom stereocenters. The van der Waals surface area contributed by atoms with Crippen LogP contribution in [0.2, 0.25) is 0 Å². The molecule has 0 saturated heterocycles. The Morgan fingerprint density at radius 1 is 1.83 bits per heavy atom. The minimum absolute atomic E-state index is 0.0103. The van der Waals surface area contributed by atoms with Gasteiger partial charge in [-0.15, -0.1) is 11.6 Å². The fourth-order valence-corrected chi connectivity index (χ4v) is 1.36. The largest absolute Gasteiger partial charge is 0.330 e. The molecule has 0 N–H and O–H groups in total. The van der Waals surface area contributed by atoms with Gasteiger partial charge in [-0.1, -0.05) is 12.2 Å². The van der Waals surface area contributed by atoms with E-state index in [9.17, 15) is 4.79 Å². The predicted molar refractivity (Wildman–Crippen MR) is 45.6 cm³/mol. The average Bonchev–Trinajstić information content (AvgIpc) is 2.52. The van der Waals surface area contributed by atoms with E-state index in [0.717, 1.165) is 0 Å². The van der Waals surface area contributed by atoms with E-state index in [0.29, 0.717) is 13.0 Å². The van der Waals surface area contributed by atoms with Crippen molar-refractivity contribution in [3.8, 4) is 6.07 Å². The Bertz CT molecular complexity index is 244. The maximum Gasteiger partial charge on any atom is 0.238 e. The van der Waals surface area contributed by atoms with E-state index >= 15 is 0 Å². The van der Waals surface area contributed by atoms with Crippen LogP contribution in [0.15, 0.2) is 12.2 Å². The molecule has 0 spiro atoms. The summed E-state index contributed by atoms with van der Waals surface area (Å²) in [5, 5.41) is 8.44. The lowest BCUT2D eigenvalue weighted by Crippen LogP contribution is -2.36. The monoisotopic (exact) mass is 184 g/mol. The fraction of sp³-hybridized carbons (Fsp3) is 0.500. The maximum absolute atomic E-state index is 11.1. The maximum atomic E-state index is 11.1. The van der Waals surface area contributed by atoms with Gasteiger partial charge < -0.3 is 4.90 Å². The van der Waals surface area contributed by atoms with Crippen LogP contribution in [-0.4, -0.2) is 29.3 Å². The highest BCUT2D eigenvalue weighted by atomic mass is 35.5. The van der Waals surface area contributed by atoms with Crippen molar-refractivity contribution < 1.29 is 4.79 Å². The number of hydrogen-bond donors (Lipinski definition) is 0. The SMILES string of the molecule is N#CC[C@H]1C=CCN1C(=O)CCl. The zero-order valence-corrected chi connectivity index (χ0v) is 7.29. The first-order chi connectivity index (χ1) is 5.79. The molecule has 0 bridgehead atoms. The lowest BCUT2D eigenvalue weighted by molar-refractivity contribution is -0.128. The van der Waals surface area contributed by atoms with Gasteiger partial charge in [0.15, 0.2) is 0 Å². The van der Waals surface area contributed by atoms with Crippen molar-refractivity contribution in [2.24, 2.45) is 0 Å². The second-order valence-corrected chi connectivity index (χ2v) is 2.80. The van der Waals surface area contributed by atoms with Gasteiger partial charge in [-0.3, -0.25) is 4.79 Å². The van der Waals surface area contributed by atoms with Crippen molar-refractivity contribution in [1.82, 2.24) is 4.90 Å². The molecule has 0 saturated carbocycles. The molecule has 1 heterocycles. The summed E-state index contributed by atoms with van der Waals surface area (Å²) in [6, 6.07) is 1.96. The Morgan fingerprint density at radius 2 is 2.58 bits per heavy atom. The van der Waals surface area contributed by atoms with Gasteiger partial charge in [0.1, 0.15) is 5.88 Å². The number of nitrogens with zero attached hydrogens (tertiary/aromatic N) is 2. The van der Waals surface area contributed by atoms with Crippen LogP contribution in [0.1, 0.15) is 6.42 Å². The quantitative estimate of drug-likeness (QED) is 0.473. The number of hydrogen-bond acceptors (Lipinski definition) is 2. The number of rotatable bonds is 2. The topological polar surface area (TPSA) is 44.1 Å². The first-order valence-corrected chi connectivity index (χ1v) is 4.22. The summed E-state index contributed by atoms with van der Waals surface area (Å²) in [5.41, 5.74) is 0. The molecule has 0 unspecified atom stereocenters. The molecule has 0 aromatic carbocycles. The van der Waals surface area contributed by atoms with E-state index in [1.165, 1.54) is 0 Å². The first-order valence-electron chi connectivity index (χ1n) is 3.68. The first kappa shape index (κ1) is 9.08. The number of carbonyl (C=O) groups is 1. The summed E-state index contributed by atoms with van der Waals surface area (Å²) < 4.78 is 0. The number of nitriles is 1. The number of alkyl halides is 1. The van der Waals surface area contributed by atoms with Crippen molar-refractivity contribution in [3.05, 3.63) is 12.2 Å². The lowest BCUT2D eigenvalue weighted by atomic mass is 10.2. The summed E-state index contributed by atoms with van der Waals surface area (Å²) in [4.78, 5) is 12.8. The zero-order chi connectivity index (χ0) is 8.97. The molecule has 0 radical (unpaired) electrons. The number of carbonyl (C=O) groups excluding carboxylic acids is 1. The van der Waals surface area contributed by atoms with Gasteiger partial charge in [0.05, 0.1) is 18.5 Å². The molecule has 3 nitrogen and oxygen atoms in total. The van der Waals surface area contributed by atoms with Crippen LogP contribution >= 0.6 is 11.6 Å². The third-order valence-electron chi connectivity index (χ3n) is 1.80. The molecule has 1 aliphatic heterocycles. The van der Waals surface area contributed by atoms with Crippen LogP contribution in [0, 0.1) is 11.3 Å². The summed E-state index contributed by atoms with van der Waals surface area (Å²) in [6.07, 6.45) is 4.10. The third-order valence-corrected chi connectivity index (χ3v) is 2.02. The van der Waals surface area contributed by atoms with Crippen LogP contribution in [0.5, 0.6) is 0 Å². The molecule has 0 aromatic rings. The molecule has 0 aliphatic carbocycles. The van der Waals surface area contributed by atoms with Crippen LogP contribution in [0.3, 0.4) is 0 Å². The third kappa shape index (κ3) is 1.77. The molecule has 0 aromatic heterocycles. The Hall–Kier alpha value is -1.01. The number of halogens is 1. The van der Waals surface area contributed by atoms with Crippen molar-refractivity contribution in [2.45, 2.75) is 12.5 Å². The second kappa shape index (κ2) is 4.13. The molecule has 1 aliphatic rings. The molecular weight excluding hydrogens is 176 g/mol. The molecule has 4 heteroatoms. The Balaban J connectivity index is 2.56. The van der Waals surface area contributed by atoms with Gasteiger partial charge in [-0.2, -0.15) is 5.26 Å².